The third-order valence-corrected chi connectivity index (χ3v) is 5.30. The SMILES string of the molecule is Cc1ccc(S(=O)(=O)N(C)CC(=O)N[C@@H](C)C(C)C)cc1. The molecule has 0 heterocycles. The summed E-state index contributed by atoms with van der Waals surface area (Å²) in [5, 5.41) is 2.80. The Morgan fingerprint density at radius 1 is 1.19 bits per heavy atom. The molecular weight excluding hydrogens is 288 g/mol. The lowest BCUT2D eigenvalue weighted by atomic mass is 10.1. The van der Waals surface area contributed by atoms with Crippen LogP contribution in [-0.2, 0) is 14.8 Å². The van der Waals surface area contributed by atoms with Crippen LogP contribution in [0.1, 0.15) is 26.3 Å². The van der Waals surface area contributed by atoms with Crippen LogP contribution in [0.3, 0.4) is 0 Å². The van der Waals surface area contributed by atoms with Crippen molar-refractivity contribution >= 4 is 15.9 Å². The summed E-state index contributed by atoms with van der Waals surface area (Å²) in [6.45, 7) is 7.60. The van der Waals surface area contributed by atoms with Crippen LogP contribution in [0.25, 0.3) is 0 Å². The van der Waals surface area contributed by atoms with Gasteiger partial charge in [0.25, 0.3) is 0 Å². The molecule has 0 saturated heterocycles. The summed E-state index contributed by atoms with van der Waals surface area (Å²) in [5.74, 6) is 0.00217. The van der Waals surface area contributed by atoms with E-state index in [0.717, 1.165) is 9.87 Å². The van der Waals surface area contributed by atoms with E-state index >= 15 is 0 Å². The molecule has 118 valence electrons. The minimum atomic E-state index is -3.63. The van der Waals surface area contributed by atoms with E-state index in [9.17, 15) is 13.2 Å². The van der Waals surface area contributed by atoms with Gasteiger partial charge in [0.15, 0.2) is 0 Å². The van der Waals surface area contributed by atoms with Crippen LogP contribution in [0.4, 0.5) is 0 Å². The average molecular weight is 312 g/mol. The molecule has 1 aromatic carbocycles. The monoisotopic (exact) mass is 312 g/mol. The van der Waals surface area contributed by atoms with Crippen molar-refractivity contribution in [2.75, 3.05) is 13.6 Å². The van der Waals surface area contributed by atoms with Crippen LogP contribution < -0.4 is 5.32 Å². The second kappa shape index (κ2) is 7.04. The summed E-state index contributed by atoms with van der Waals surface area (Å²) in [6, 6.07) is 6.59. The topological polar surface area (TPSA) is 66.5 Å². The number of hydrogen-bond donors (Lipinski definition) is 1. The molecule has 21 heavy (non-hydrogen) atoms. The van der Waals surface area contributed by atoms with Gasteiger partial charge in [0.1, 0.15) is 0 Å². The van der Waals surface area contributed by atoms with E-state index < -0.39 is 10.0 Å². The van der Waals surface area contributed by atoms with Gasteiger partial charge in [-0.05, 0) is 31.9 Å². The van der Waals surface area contributed by atoms with Crippen LogP contribution in [0.2, 0.25) is 0 Å². The van der Waals surface area contributed by atoms with Gasteiger partial charge in [-0.1, -0.05) is 31.5 Å². The number of nitrogens with zero attached hydrogens (tertiary/aromatic N) is 1. The zero-order chi connectivity index (χ0) is 16.2. The van der Waals surface area contributed by atoms with E-state index in [0.29, 0.717) is 5.92 Å². The van der Waals surface area contributed by atoms with Crippen LogP contribution in [0, 0.1) is 12.8 Å². The minimum Gasteiger partial charge on any atom is -0.352 e. The maximum absolute atomic E-state index is 12.3. The molecule has 0 bridgehead atoms. The summed E-state index contributed by atoms with van der Waals surface area (Å²) in [7, 11) is -2.22. The van der Waals surface area contributed by atoms with Gasteiger partial charge in [-0.15, -0.1) is 0 Å². The zero-order valence-electron chi connectivity index (χ0n) is 13.3. The first-order valence-electron chi connectivity index (χ1n) is 6.97. The molecule has 0 saturated carbocycles. The molecule has 0 spiro atoms. The number of likely N-dealkylation sites (N-methyl/N-ethyl adjacent to an activating group) is 1. The van der Waals surface area contributed by atoms with Crippen molar-refractivity contribution in [3.05, 3.63) is 29.8 Å². The number of benzene rings is 1. The van der Waals surface area contributed by atoms with E-state index in [2.05, 4.69) is 5.32 Å². The number of nitrogens with one attached hydrogen (secondary N) is 1. The van der Waals surface area contributed by atoms with Crippen molar-refractivity contribution in [1.82, 2.24) is 9.62 Å². The van der Waals surface area contributed by atoms with Crippen molar-refractivity contribution in [1.29, 1.82) is 0 Å². The van der Waals surface area contributed by atoms with Crippen LogP contribution in [-0.4, -0.2) is 38.3 Å². The summed E-state index contributed by atoms with van der Waals surface area (Å²) < 4.78 is 25.8. The molecule has 1 atom stereocenters. The zero-order valence-corrected chi connectivity index (χ0v) is 14.1. The Hall–Kier alpha value is -1.40. The molecule has 6 heteroatoms. The average Bonchev–Trinajstić information content (AvgIpc) is 2.38. The second-order valence-corrected chi connectivity index (χ2v) is 7.72. The van der Waals surface area contributed by atoms with Crippen molar-refractivity contribution in [3.63, 3.8) is 0 Å². The van der Waals surface area contributed by atoms with E-state index in [1.807, 2.05) is 27.7 Å². The fraction of sp³-hybridized carbons (Fsp3) is 0.533. The highest BCUT2D eigenvalue weighted by Crippen LogP contribution is 2.14. The summed E-state index contributed by atoms with van der Waals surface area (Å²) in [5.41, 5.74) is 0.986. The van der Waals surface area contributed by atoms with E-state index in [4.69, 9.17) is 0 Å². The number of sulfonamides is 1. The number of aryl methyl sites for hydroxylation is 1. The van der Waals surface area contributed by atoms with Crippen LogP contribution >= 0.6 is 0 Å². The van der Waals surface area contributed by atoms with Crippen molar-refractivity contribution < 1.29 is 13.2 Å². The lowest BCUT2D eigenvalue weighted by Crippen LogP contribution is -2.43. The molecule has 1 N–H and O–H groups in total. The highest BCUT2D eigenvalue weighted by Gasteiger charge is 2.23. The van der Waals surface area contributed by atoms with E-state index in [1.165, 1.54) is 7.05 Å². The number of carbonyl (C=O) groups is 1. The first-order chi connectivity index (χ1) is 9.64. The van der Waals surface area contributed by atoms with Gasteiger partial charge in [-0.25, -0.2) is 8.42 Å². The van der Waals surface area contributed by atoms with Crippen LogP contribution in [0.15, 0.2) is 29.2 Å². The van der Waals surface area contributed by atoms with Crippen molar-refractivity contribution in [3.8, 4) is 0 Å². The Balaban J connectivity index is 2.76. The number of carbonyl (C=O) groups excluding carboxylic acids is 1. The third-order valence-electron chi connectivity index (χ3n) is 3.48. The predicted molar refractivity (Wildman–Crippen MR) is 83.4 cm³/mol. The fourth-order valence-corrected chi connectivity index (χ4v) is 2.77. The quantitative estimate of drug-likeness (QED) is 0.870. The minimum absolute atomic E-state index is 0.00739. The Morgan fingerprint density at radius 3 is 2.19 bits per heavy atom. The van der Waals surface area contributed by atoms with Gasteiger partial charge in [0.05, 0.1) is 11.4 Å². The molecule has 1 aromatic rings. The van der Waals surface area contributed by atoms with Gasteiger partial charge in [0, 0.05) is 13.1 Å². The summed E-state index contributed by atoms with van der Waals surface area (Å²) >= 11 is 0. The molecule has 0 aliphatic rings. The molecule has 0 unspecified atom stereocenters. The van der Waals surface area contributed by atoms with Gasteiger partial charge in [0.2, 0.25) is 15.9 Å². The van der Waals surface area contributed by atoms with Gasteiger partial charge in [-0.2, -0.15) is 4.31 Å². The normalized spacial score (nSPS) is 13.5. The van der Waals surface area contributed by atoms with Crippen molar-refractivity contribution in [2.45, 2.75) is 38.6 Å². The Kier molecular flexibility index (Phi) is 5.92. The first kappa shape index (κ1) is 17.7. The van der Waals surface area contributed by atoms with E-state index in [-0.39, 0.29) is 23.4 Å². The lowest BCUT2D eigenvalue weighted by Gasteiger charge is -2.21. The lowest BCUT2D eigenvalue weighted by molar-refractivity contribution is -0.122. The van der Waals surface area contributed by atoms with Gasteiger partial charge < -0.3 is 5.32 Å². The Morgan fingerprint density at radius 2 is 1.71 bits per heavy atom. The molecule has 0 aliphatic carbocycles. The molecular formula is C15H24N2O3S. The molecule has 0 aliphatic heterocycles. The van der Waals surface area contributed by atoms with Gasteiger partial charge in [-0.3, -0.25) is 4.79 Å². The summed E-state index contributed by atoms with van der Waals surface area (Å²) in [4.78, 5) is 12.1. The number of amides is 1. The molecule has 0 radical (unpaired) electrons. The highest BCUT2D eigenvalue weighted by molar-refractivity contribution is 7.89. The highest BCUT2D eigenvalue weighted by atomic mass is 32.2. The maximum Gasteiger partial charge on any atom is 0.243 e. The molecule has 5 nitrogen and oxygen atoms in total. The van der Waals surface area contributed by atoms with Crippen molar-refractivity contribution in [2.24, 2.45) is 5.92 Å². The molecule has 0 aromatic heterocycles. The van der Waals surface area contributed by atoms with Gasteiger partial charge >= 0.3 is 0 Å². The summed E-state index contributed by atoms with van der Waals surface area (Å²) in [6.07, 6.45) is 0. The third kappa shape index (κ3) is 4.82. The largest absolute Gasteiger partial charge is 0.352 e. The Labute approximate surface area is 127 Å². The fourth-order valence-electron chi connectivity index (χ4n) is 1.64. The standard InChI is InChI=1S/C15H24N2O3S/c1-11(2)13(4)16-15(18)10-17(5)21(19,20)14-8-6-12(3)7-9-14/h6-9,11,13H,10H2,1-5H3,(H,16,18)/t13-/m0/s1. The maximum atomic E-state index is 12.3. The van der Waals surface area contributed by atoms with E-state index in [1.54, 1.807) is 24.3 Å². The smallest absolute Gasteiger partial charge is 0.243 e. The second-order valence-electron chi connectivity index (χ2n) is 5.67. The Bertz CT molecular complexity index is 579. The predicted octanol–water partition coefficient (Wildman–Crippen LogP) is 1.78. The molecule has 1 amide bonds. The molecule has 0 fully saturated rings. The number of hydrogen-bond acceptors (Lipinski definition) is 3. The van der Waals surface area contributed by atoms with Crippen LogP contribution in [0.5, 0.6) is 0 Å². The first-order valence-corrected chi connectivity index (χ1v) is 8.41. The number of rotatable bonds is 6. The molecule has 1 rings (SSSR count).